The van der Waals surface area contributed by atoms with Crippen LogP contribution in [0.2, 0.25) is 0 Å². The Morgan fingerprint density at radius 1 is 1.05 bits per heavy atom. The summed E-state index contributed by atoms with van der Waals surface area (Å²) in [7, 11) is 0. The topological polar surface area (TPSA) is 18.5 Å². The molecule has 0 heterocycles. The number of hydrogen-bond donors (Lipinski definition) is 2. The minimum atomic E-state index is 0.623. The predicted octanol–water partition coefficient (Wildman–Crippen LogP) is 5.69. The third-order valence-corrected chi connectivity index (χ3v) is 4.10. The summed E-state index contributed by atoms with van der Waals surface area (Å²) < 4.78 is 11.7. The van der Waals surface area contributed by atoms with Crippen molar-refractivity contribution >= 4 is 30.2 Å². The van der Waals surface area contributed by atoms with E-state index in [1.54, 1.807) is 5.41 Å². The third-order valence-electron chi connectivity index (χ3n) is 3.27. The molecule has 22 heavy (non-hydrogen) atoms. The van der Waals surface area contributed by atoms with Gasteiger partial charge < -0.3 is 9.47 Å². The van der Waals surface area contributed by atoms with Crippen LogP contribution >= 0.6 is 25.3 Å². The average molecular weight is 341 g/mol. The standard InChI is InChI=1S/C18H28O2S2/c1-13(2)7-9-19-15-5-6-17(20-10-8-14(3)4)16(11-15)18(22)12-21/h5-6,11-14,21-22H,7-10H2,1-4H3/b18-12-. The predicted molar refractivity (Wildman–Crippen MR) is 102 cm³/mol. The summed E-state index contributed by atoms with van der Waals surface area (Å²) in [5, 5.41) is 1.67. The minimum absolute atomic E-state index is 0.623. The Kier molecular flexibility index (Phi) is 8.88. The van der Waals surface area contributed by atoms with Gasteiger partial charge in [0.2, 0.25) is 0 Å². The fourth-order valence-electron chi connectivity index (χ4n) is 1.81. The highest BCUT2D eigenvalue weighted by atomic mass is 32.1. The van der Waals surface area contributed by atoms with Gasteiger partial charge in [0, 0.05) is 10.5 Å². The van der Waals surface area contributed by atoms with Gasteiger partial charge in [0.15, 0.2) is 0 Å². The van der Waals surface area contributed by atoms with Crippen molar-refractivity contribution in [3.8, 4) is 11.5 Å². The molecule has 1 aromatic carbocycles. The van der Waals surface area contributed by atoms with Crippen molar-refractivity contribution in [3.05, 3.63) is 29.2 Å². The summed E-state index contributed by atoms with van der Waals surface area (Å²) in [6.45, 7) is 10.2. The van der Waals surface area contributed by atoms with Crippen molar-refractivity contribution in [2.75, 3.05) is 13.2 Å². The molecule has 0 aliphatic heterocycles. The number of benzene rings is 1. The summed E-state index contributed by atoms with van der Waals surface area (Å²) in [6, 6.07) is 5.88. The maximum atomic E-state index is 5.89. The van der Waals surface area contributed by atoms with Gasteiger partial charge in [-0.1, -0.05) is 27.7 Å². The lowest BCUT2D eigenvalue weighted by molar-refractivity contribution is 0.281. The maximum absolute atomic E-state index is 5.89. The first-order chi connectivity index (χ1) is 10.4. The Balaban J connectivity index is 2.80. The molecule has 0 spiro atoms. The molecule has 0 aliphatic rings. The summed E-state index contributed by atoms with van der Waals surface area (Å²) in [5.41, 5.74) is 0.920. The molecule has 0 radical (unpaired) electrons. The van der Waals surface area contributed by atoms with Gasteiger partial charge in [0.1, 0.15) is 11.5 Å². The Morgan fingerprint density at radius 3 is 2.18 bits per heavy atom. The summed E-state index contributed by atoms with van der Waals surface area (Å²) >= 11 is 8.67. The monoisotopic (exact) mass is 340 g/mol. The molecule has 0 unspecified atom stereocenters. The van der Waals surface area contributed by atoms with Gasteiger partial charge in [0.05, 0.1) is 13.2 Å². The van der Waals surface area contributed by atoms with Crippen LogP contribution in [0.15, 0.2) is 23.6 Å². The number of thiol groups is 2. The SMILES string of the molecule is CC(C)CCOc1ccc(OCCC(C)C)c(/C(S)=C/S)c1. The Bertz CT molecular complexity index is 482. The van der Waals surface area contributed by atoms with E-state index in [2.05, 4.69) is 53.0 Å². The summed E-state index contributed by atoms with van der Waals surface area (Å²) in [6.07, 6.45) is 2.07. The second-order valence-corrected chi connectivity index (χ2v) is 6.97. The zero-order valence-corrected chi connectivity index (χ0v) is 15.8. The maximum Gasteiger partial charge on any atom is 0.127 e. The van der Waals surface area contributed by atoms with Crippen molar-refractivity contribution in [2.45, 2.75) is 40.5 Å². The fourth-order valence-corrected chi connectivity index (χ4v) is 2.13. The molecule has 0 saturated carbocycles. The van der Waals surface area contributed by atoms with E-state index < -0.39 is 0 Å². The van der Waals surface area contributed by atoms with Crippen molar-refractivity contribution in [1.29, 1.82) is 0 Å². The molecule has 0 N–H and O–H groups in total. The number of hydrogen-bond acceptors (Lipinski definition) is 4. The van der Waals surface area contributed by atoms with Crippen molar-refractivity contribution < 1.29 is 9.47 Å². The van der Waals surface area contributed by atoms with Gasteiger partial charge in [-0.15, -0.1) is 12.6 Å². The molecular formula is C18H28O2S2. The van der Waals surface area contributed by atoms with Crippen LogP contribution in [0, 0.1) is 11.8 Å². The van der Waals surface area contributed by atoms with Crippen LogP contribution in [0.3, 0.4) is 0 Å². The van der Waals surface area contributed by atoms with E-state index in [9.17, 15) is 0 Å². The first kappa shape index (κ1) is 19.3. The van der Waals surface area contributed by atoms with Crippen LogP contribution in [0.25, 0.3) is 4.91 Å². The van der Waals surface area contributed by atoms with Crippen LogP contribution in [-0.2, 0) is 0 Å². The van der Waals surface area contributed by atoms with Gasteiger partial charge >= 0.3 is 0 Å². The van der Waals surface area contributed by atoms with Gasteiger partial charge in [-0.05, 0) is 48.3 Å². The number of ether oxygens (including phenoxy) is 2. The first-order valence-electron chi connectivity index (χ1n) is 7.87. The zero-order valence-electron chi connectivity index (χ0n) is 14.0. The van der Waals surface area contributed by atoms with E-state index in [0.717, 1.165) is 41.4 Å². The van der Waals surface area contributed by atoms with Crippen LogP contribution in [0.5, 0.6) is 11.5 Å². The van der Waals surface area contributed by atoms with Crippen LogP contribution in [0.4, 0.5) is 0 Å². The second kappa shape index (κ2) is 10.1. The molecule has 2 nitrogen and oxygen atoms in total. The van der Waals surface area contributed by atoms with Crippen LogP contribution < -0.4 is 9.47 Å². The fraction of sp³-hybridized carbons (Fsp3) is 0.556. The lowest BCUT2D eigenvalue weighted by Crippen LogP contribution is -2.04. The number of rotatable bonds is 9. The van der Waals surface area contributed by atoms with E-state index in [1.807, 2.05) is 18.2 Å². The second-order valence-electron chi connectivity index (χ2n) is 6.23. The minimum Gasteiger partial charge on any atom is -0.494 e. The molecule has 0 fully saturated rings. The molecule has 0 atom stereocenters. The lowest BCUT2D eigenvalue weighted by Gasteiger charge is -2.15. The van der Waals surface area contributed by atoms with Crippen molar-refractivity contribution in [1.82, 2.24) is 0 Å². The molecule has 124 valence electrons. The molecule has 1 rings (SSSR count). The highest BCUT2D eigenvalue weighted by Gasteiger charge is 2.09. The van der Waals surface area contributed by atoms with Gasteiger partial charge in [-0.2, -0.15) is 12.6 Å². The molecule has 4 heteroatoms. The van der Waals surface area contributed by atoms with E-state index in [4.69, 9.17) is 9.47 Å². The Hall–Kier alpha value is -0.740. The van der Waals surface area contributed by atoms with E-state index in [1.165, 1.54) is 0 Å². The normalized spacial score (nSPS) is 12.1. The molecule has 0 saturated heterocycles. The highest BCUT2D eigenvalue weighted by molar-refractivity contribution is 7.92. The van der Waals surface area contributed by atoms with E-state index in [-0.39, 0.29) is 0 Å². The quantitative estimate of drug-likeness (QED) is 0.562. The highest BCUT2D eigenvalue weighted by Crippen LogP contribution is 2.33. The van der Waals surface area contributed by atoms with E-state index >= 15 is 0 Å². The average Bonchev–Trinajstić information content (AvgIpc) is 2.46. The van der Waals surface area contributed by atoms with Gasteiger partial charge in [-0.25, -0.2) is 0 Å². The van der Waals surface area contributed by atoms with Crippen molar-refractivity contribution in [3.63, 3.8) is 0 Å². The summed E-state index contributed by atoms with van der Waals surface area (Å²) in [4.78, 5) is 0.775. The molecule has 0 bridgehead atoms. The molecule has 1 aromatic rings. The largest absolute Gasteiger partial charge is 0.494 e. The smallest absolute Gasteiger partial charge is 0.127 e. The van der Waals surface area contributed by atoms with Gasteiger partial charge in [-0.3, -0.25) is 0 Å². The molecular weight excluding hydrogens is 312 g/mol. The van der Waals surface area contributed by atoms with Gasteiger partial charge in [0.25, 0.3) is 0 Å². The molecule has 0 amide bonds. The molecule has 0 aromatic heterocycles. The van der Waals surface area contributed by atoms with Crippen molar-refractivity contribution in [2.24, 2.45) is 11.8 Å². The molecule has 0 aliphatic carbocycles. The van der Waals surface area contributed by atoms with E-state index in [0.29, 0.717) is 18.4 Å². The Labute approximate surface area is 146 Å². The third kappa shape index (κ3) is 7.01. The van der Waals surface area contributed by atoms with Crippen LogP contribution in [-0.4, -0.2) is 13.2 Å². The lowest BCUT2D eigenvalue weighted by atomic mass is 10.1. The Morgan fingerprint density at radius 2 is 1.64 bits per heavy atom. The van der Waals surface area contributed by atoms with Crippen LogP contribution in [0.1, 0.15) is 46.1 Å². The zero-order chi connectivity index (χ0) is 16.5. The first-order valence-corrected chi connectivity index (χ1v) is 8.83. The summed E-state index contributed by atoms with van der Waals surface area (Å²) in [5.74, 6) is 2.93.